The standard InChI is InChI=1S/C14H21N3O2/c1-10-7-11(2)9-16(8-10)13-6-4-5-12(15-3)14(13)17(18)19/h4-6,10-11,15H,7-9H2,1-3H3. The minimum absolute atomic E-state index is 0.186. The molecule has 1 heterocycles. The molecular weight excluding hydrogens is 242 g/mol. The summed E-state index contributed by atoms with van der Waals surface area (Å²) in [6, 6.07) is 5.47. The van der Waals surface area contributed by atoms with Gasteiger partial charge in [0.1, 0.15) is 11.4 Å². The summed E-state index contributed by atoms with van der Waals surface area (Å²) >= 11 is 0. The van der Waals surface area contributed by atoms with E-state index in [-0.39, 0.29) is 10.6 Å². The number of anilines is 2. The second-order valence-corrected chi connectivity index (χ2v) is 5.53. The molecule has 2 atom stereocenters. The number of nitrogens with zero attached hydrogens (tertiary/aromatic N) is 2. The normalized spacial score (nSPS) is 23.2. The predicted molar refractivity (Wildman–Crippen MR) is 77.8 cm³/mol. The molecule has 0 spiro atoms. The number of nitrogens with one attached hydrogen (secondary N) is 1. The van der Waals surface area contributed by atoms with Crippen LogP contribution in [0.4, 0.5) is 17.1 Å². The summed E-state index contributed by atoms with van der Waals surface area (Å²) in [5.41, 5.74) is 1.50. The zero-order valence-corrected chi connectivity index (χ0v) is 11.7. The third-order valence-electron chi connectivity index (χ3n) is 3.68. The number of rotatable bonds is 3. The Morgan fingerprint density at radius 2 is 1.95 bits per heavy atom. The number of hydrogen-bond acceptors (Lipinski definition) is 4. The highest BCUT2D eigenvalue weighted by Gasteiger charge is 2.28. The van der Waals surface area contributed by atoms with Gasteiger partial charge in [0, 0.05) is 20.1 Å². The Hall–Kier alpha value is -1.78. The first kappa shape index (κ1) is 13.6. The van der Waals surface area contributed by atoms with E-state index in [4.69, 9.17) is 0 Å². The van der Waals surface area contributed by atoms with Crippen molar-refractivity contribution in [3.8, 4) is 0 Å². The first-order valence-corrected chi connectivity index (χ1v) is 6.73. The Morgan fingerprint density at radius 3 is 2.47 bits per heavy atom. The fourth-order valence-electron chi connectivity index (χ4n) is 3.04. The van der Waals surface area contributed by atoms with Crippen LogP contribution in [-0.4, -0.2) is 25.1 Å². The molecule has 1 aromatic rings. The maximum atomic E-state index is 11.3. The van der Waals surface area contributed by atoms with Crippen molar-refractivity contribution >= 4 is 17.1 Å². The van der Waals surface area contributed by atoms with E-state index in [9.17, 15) is 10.1 Å². The molecule has 0 aromatic heterocycles. The van der Waals surface area contributed by atoms with Crippen LogP contribution >= 0.6 is 0 Å². The second-order valence-electron chi connectivity index (χ2n) is 5.53. The largest absolute Gasteiger partial charge is 0.382 e. The van der Waals surface area contributed by atoms with Crippen molar-refractivity contribution in [3.05, 3.63) is 28.3 Å². The molecule has 2 unspecified atom stereocenters. The minimum atomic E-state index is -0.287. The molecule has 0 bridgehead atoms. The quantitative estimate of drug-likeness (QED) is 0.672. The molecule has 0 saturated carbocycles. The molecule has 5 nitrogen and oxygen atoms in total. The van der Waals surface area contributed by atoms with Gasteiger partial charge in [-0.15, -0.1) is 0 Å². The highest BCUT2D eigenvalue weighted by atomic mass is 16.6. The maximum absolute atomic E-state index is 11.3. The predicted octanol–water partition coefficient (Wildman–Crippen LogP) is 3.12. The maximum Gasteiger partial charge on any atom is 0.315 e. The lowest BCUT2D eigenvalue weighted by Gasteiger charge is -2.36. The highest BCUT2D eigenvalue weighted by molar-refractivity contribution is 5.77. The van der Waals surface area contributed by atoms with Crippen LogP contribution in [0.25, 0.3) is 0 Å². The zero-order chi connectivity index (χ0) is 14.0. The van der Waals surface area contributed by atoms with Crippen LogP contribution in [0, 0.1) is 22.0 Å². The zero-order valence-electron chi connectivity index (χ0n) is 11.7. The fourth-order valence-corrected chi connectivity index (χ4v) is 3.04. The van der Waals surface area contributed by atoms with Gasteiger partial charge in [-0.1, -0.05) is 19.9 Å². The van der Waals surface area contributed by atoms with Crippen molar-refractivity contribution in [2.24, 2.45) is 11.8 Å². The van der Waals surface area contributed by atoms with E-state index >= 15 is 0 Å². The van der Waals surface area contributed by atoms with Crippen LogP contribution in [-0.2, 0) is 0 Å². The summed E-state index contributed by atoms with van der Waals surface area (Å²) in [5, 5.41) is 14.3. The Kier molecular flexibility index (Phi) is 3.93. The van der Waals surface area contributed by atoms with Gasteiger partial charge < -0.3 is 10.2 Å². The molecule has 1 aliphatic rings. The molecule has 1 N–H and O–H groups in total. The lowest BCUT2D eigenvalue weighted by Crippen LogP contribution is -2.39. The first-order chi connectivity index (χ1) is 9.02. The van der Waals surface area contributed by atoms with E-state index in [2.05, 4.69) is 24.1 Å². The van der Waals surface area contributed by atoms with Gasteiger partial charge in [-0.3, -0.25) is 10.1 Å². The number of nitro benzene ring substituents is 1. The summed E-state index contributed by atoms with van der Waals surface area (Å²) in [7, 11) is 1.72. The summed E-state index contributed by atoms with van der Waals surface area (Å²) in [6.45, 7) is 6.18. The Bertz CT molecular complexity index is 466. The van der Waals surface area contributed by atoms with Gasteiger partial charge in [-0.05, 0) is 30.4 Å². The van der Waals surface area contributed by atoms with E-state index in [1.165, 1.54) is 6.42 Å². The van der Waals surface area contributed by atoms with Crippen molar-refractivity contribution in [3.63, 3.8) is 0 Å². The van der Waals surface area contributed by atoms with Crippen molar-refractivity contribution < 1.29 is 4.92 Å². The second kappa shape index (κ2) is 5.47. The summed E-state index contributed by atoms with van der Waals surface area (Å²) < 4.78 is 0. The number of para-hydroxylation sites is 1. The molecule has 0 aliphatic carbocycles. The SMILES string of the molecule is CNc1cccc(N2CC(C)CC(C)C2)c1[N+](=O)[O-]. The average molecular weight is 263 g/mol. The third kappa shape index (κ3) is 2.80. The van der Waals surface area contributed by atoms with Gasteiger partial charge in [-0.2, -0.15) is 0 Å². The molecular formula is C14H21N3O2. The van der Waals surface area contributed by atoms with Crippen LogP contribution < -0.4 is 10.2 Å². The van der Waals surface area contributed by atoms with Crippen molar-refractivity contribution in [2.75, 3.05) is 30.4 Å². The Balaban J connectivity index is 2.41. The van der Waals surface area contributed by atoms with Crippen molar-refractivity contribution in [1.82, 2.24) is 0 Å². The molecule has 1 fully saturated rings. The number of nitro groups is 1. The molecule has 104 valence electrons. The molecule has 19 heavy (non-hydrogen) atoms. The summed E-state index contributed by atoms with van der Waals surface area (Å²) in [5.74, 6) is 1.14. The van der Waals surface area contributed by atoms with Crippen molar-refractivity contribution in [2.45, 2.75) is 20.3 Å². The number of benzene rings is 1. The molecule has 0 radical (unpaired) electrons. The lowest BCUT2D eigenvalue weighted by molar-refractivity contribution is -0.383. The molecule has 0 amide bonds. The summed E-state index contributed by atoms with van der Waals surface area (Å²) in [4.78, 5) is 13.2. The number of piperidine rings is 1. The van der Waals surface area contributed by atoms with Crippen LogP contribution in [0.3, 0.4) is 0 Å². The van der Waals surface area contributed by atoms with Gasteiger partial charge in [0.2, 0.25) is 0 Å². The molecule has 5 heteroatoms. The van der Waals surface area contributed by atoms with Gasteiger partial charge in [-0.25, -0.2) is 0 Å². The van der Waals surface area contributed by atoms with E-state index < -0.39 is 0 Å². The van der Waals surface area contributed by atoms with Crippen LogP contribution in [0.15, 0.2) is 18.2 Å². The molecule has 1 saturated heterocycles. The fraction of sp³-hybridized carbons (Fsp3) is 0.571. The first-order valence-electron chi connectivity index (χ1n) is 6.73. The minimum Gasteiger partial charge on any atom is -0.382 e. The van der Waals surface area contributed by atoms with E-state index in [1.807, 2.05) is 12.1 Å². The van der Waals surface area contributed by atoms with E-state index in [0.29, 0.717) is 17.5 Å². The van der Waals surface area contributed by atoms with E-state index in [0.717, 1.165) is 18.8 Å². The van der Waals surface area contributed by atoms with Gasteiger partial charge in [0.05, 0.1) is 4.92 Å². The highest BCUT2D eigenvalue weighted by Crippen LogP contribution is 2.37. The third-order valence-corrected chi connectivity index (χ3v) is 3.68. The molecule has 1 aromatic carbocycles. The van der Waals surface area contributed by atoms with Crippen LogP contribution in [0.2, 0.25) is 0 Å². The monoisotopic (exact) mass is 263 g/mol. The van der Waals surface area contributed by atoms with Gasteiger partial charge in [0.25, 0.3) is 0 Å². The van der Waals surface area contributed by atoms with Gasteiger partial charge in [0.15, 0.2) is 0 Å². The average Bonchev–Trinajstić information content (AvgIpc) is 2.36. The Labute approximate surface area is 113 Å². The van der Waals surface area contributed by atoms with E-state index in [1.54, 1.807) is 13.1 Å². The number of hydrogen-bond donors (Lipinski definition) is 1. The van der Waals surface area contributed by atoms with Gasteiger partial charge >= 0.3 is 5.69 Å². The smallest absolute Gasteiger partial charge is 0.315 e. The molecule has 1 aliphatic heterocycles. The Morgan fingerprint density at radius 1 is 1.32 bits per heavy atom. The summed E-state index contributed by atoms with van der Waals surface area (Å²) in [6.07, 6.45) is 1.19. The lowest BCUT2D eigenvalue weighted by atomic mass is 9.91. The van der Waals surface area contributed by atoms with Crippen LogP contribution in [0.1, 0.15) is 20.3 Å². The van der Waals surface area contributed by atoms with Crippen LogP contribution in [0.5, 0.6) is 0 Å². The topological polar surface area (TPSA) is 58.4 Å². The molecule has 2 rings (SSSR count). The van der Waals surface area contributed by atoms with Crippen molar-refractivity contribution in [1.29, 1.82) is 0 Å².